The summed E-state index contributed by atoms with van der Waals surface area (Å²) in [6, 6.07) is 3.29. The van der Waals surface area contributed by atoms with Crippen LogP contribution < -0.4 is 11.5 Å². The molecule has 0 radical (unpaired) electrons. The second-order valence-electron chi connectivity index (χ2n) is 4.19. The Bertz CT molecular complexity index is 625. The van der Waals surface area contributed by atoms with E-state index in [2.05, 4.69) is 4.98 Å². The fourth-order valence-electron chi connectivity index (χ4n) is 1.85. The number of aromatic nitrogens is 1. The molecular formula is C13H11F4N3. The zero-order valence-electron chi connectivity index (χ0n) is 10.2. The number of anilines is 1. The molecule has 1 atom stereocenters. The van der Waals surface area contributed by atoms with E-state index < -0.39 is 23.6 Å². The number of nitrogens with two attached hydrogens (primary N) is 2. The van der Waals surface area contributed by atoms with E-state index in [-0.39, 0.29) is 16.8 Å². The summed E-state index contributed by atoms with van der Waals surface area (Å²) in [6.45, 7) is 0. The van der Waals surface area contributed by atoms with Crippen molar-refractivity contribution in [2.45, 2.75) is 12.2 Å². The van der Waals surface area contributed by atoms with E-state index >= 15 is 0 Å². The van der Waals surface area contributed by atoms with E-state index in [1.165, 1.54) is 24.5 Å². The summed E-state index contributed by atoms with van der Waals surface area (Å²) in [6.07, 6.45) is -2.06. The van der Waals surface area contributed by atoms with Gasteiger partial charge in [-0.05, 0) is 12.1 Å². The number of nitrogens with zero attached hydrogens (tertiary/aromatic N) is 1. The molecule has 0 spiro atoms. The number of rotatable bonds is 2. The van der Waals surface area contributed by atoms with Crippen molar-refractivity contribution in [3.63, 3.8) is 0 Å². The predicted octanol–water partition coefficient (Wildman–Crippen LogP) is 2.87. The number of hydrogen-bond donors (Lipinski definition) is 2. The minimum atomic E-state index is -4.78. The van der Waals surface area contributed by atoms with Gasteiger partial charge in [0, 0.05) is 29.2 Å². The summed E-state index contributed by atoms with van der Waals surface area (Å²) in [7, 11) is 0. The zero-order valence-corrected chi connectivity index (χ0v) is 10.2. The Hall–Kier alpha value is -2.15. The van der Waals surface area contributed by atoms with E-state index in [0.29, 0.717) is 6.07 Å². The van der Waals surface area contributed by atoms with Crippen LogP contribution in [0.15, 0.2) is 36.7 Å². The molecule has 1 unspecified atom stereocenters. The molecule has 0 fully saturated rings. The van der Waals surface area contributed by atoms with Gasteiger partial charge in [0.1, 0.15) is 5.82 Å². The highest BCUT2D eigenvalue weighted by Gasteiger charge is 2.35. The van der Waals surface area contributed by atoms with Gasteiger partial charge in [0.05, 0.1) is 11.6 Å². The molecule has 0 amide bonds. The number of alkyl halides is 3. The summed E-state index contributed by atoms with van der Waals surface area (Å²) >= 11 is 0. The van der Waals surface area contributed by atoms with Crippen molar-refractivity contribution in [2.75, 3.05) is 5.73 Å². The highest BCUT2D eigenvalue weighted by atomic mass is 19.4. The highest BCUT2D eigenvalue weighted by molar-refractivity contribution is 5.50. The standard InChI is InChI=1S/C13H11F4N3/c14-11-7(2-1-3-9(11)13(15,16)17)12(19)8-6-20-5-4-10(8)18/h1-6,12H,19H2,(H2,18,20). The SMILES string of the molecule is Nc1ccncc1C(N)c1cccc(C(F)(F)F)c1F. The van der Waals surface area contributed by atoms with Gasteiger partial charge in [-0.15, -0.1) is 0 Å². The molecular weight excluding hydrogens is 274 g/mol. The van der Waals surface area contributed by atoms with Crippen LogP contribution >= 0.6 is 0 Å². The van der Waals surface area contributed by atoms with Crippen LogP contribution in [-0.2, 0) is 6.18 Å². The first kappa shape index (κ1) is 14.3. The van der Waals surface area contributed by atoms with E-state index in [0.717, 1.165) is 6.07 Å². The molecule has 1 aromatic heterocycles. The Kier molecular flexibility index (Phi) is 3.63. The second kappa shape index (κ2) is 5.09. The first-order chi connectivity index (χ1) is 9.32. The molecule has 2 rings (SSSR count). The van der Waals surface area contributed by atoms with Crippen molar-refractivity contribution in [1.82, 2.24) is 4.98 Å². The minimum absolute atomic E-state index is 0.240. The molecule has 2 aromatic rings. The van der Waals surface area contributed by atoms with Crippen molar-refractivity contribution in [3.8, 4) is 0 Å². The van der Waals surface area contributed by atoms with Gasteiger partial charge in [0.25, 0.3) is 0 Å². The van der Waals surface area contributed by atoms with Crippen LogP contribution in [0.4, 0.5) is 23.2 Å². The lowest BCUT2D eigenvalue weighted by Crippen LogP contribution is -2.18. The summed E-state index contributed by atoms with van der Waals surface area (Å²) in [5.74, 6) is -1.39. The second-order valence-corrected chi connectivity index (χ2v) is 4.19. The molecule has 3 nitrogen and oxygen atoms in total. The topological polar surface area (TPSA) is 64.9 Å². The van der Waals surface area contributed by atoms with Gasteiger partial charge >= 0.3 is 6.18 Å². The number of benzene rings is 1. The molecule has 1 heterocycles. The molecule has 0 aliphatic carbocycles. The van der Waals surface area contributed by atoms with Crippen LogP contribution in [0, 0.1) is 5.82 Å². The van der Waals surface area contributed by atoms with Crippen molar-refractivity contribution in [2.24, 2.45) is 5.73 Å². The Morgan fingerprint density at radius 2 is 1.80 bits per heavy atom. The van der Waals surface area contributed by atoms with Crippen molar-refractivity contribution < 1.29 is 17.6 Å². The maximum atomic E-state index is 14.0. The average molecular weight is 285 g/mol. The predicted molar refractivity (Wildman–Crippen MR) is 66.1 cm³/mol. The smallest absolute Gasteiger partial charge is 0.398 e. The quantitative estimate of drug-likeness (QED) is 0.834. The number of pyridine rings is 1. The Morgan fingerprint density at radius 3 is 2.40 bits per heavy atom. The summed E-state index contributed by atoms with van der Waals surface area (Å²) in [4.78, 5) is 3.79. The molecule has 0 bridgehead atoms. The molecule has 4 N–H and O–H groups in total. The monoisotopic (exact) mass is 285 g/mol. The molecule has 0 saturated heterocycles. The zero-order chi connectivity index (χ0) is 14.9. The van der Waals surface area contributed by atoms with Crippen molar-refractivity contribution in [1.29, 1.82) is 0 Å². The lowest BCUT2D eigenvalue weighted by molar-refractivity contribution is -0.140. The van der Waals surface area contributed by atoms with Gasteiger partial charge in [-0.2, -0.15) is 13.2 Å². The van der Waals surface area contributed by atoms with Crippen LogP contribution in [0.1, 0.15) is 22.7 Å². The van der Waals surface area contributed by atoms with Gasteiger partial charge < -0.3 is 11.5 Å². The van der Waals surface area contributed by atoms with Gasteiger partial charge in [0.2, 0.25) is 0 Å². The fraction of sp³-hybridized carbons (Fsp3) is 0.154. The van der Waals surface area contributed by atoms with Gasteiger partial charge in [0.15, 0.2) is 0 Å². The summed E-state index contributed by atoms with van der Waals surface area (Å²) < 4.78 is 51.9. The number of halogens is 4. The van der Waals surface area contributed by atoms with E-state index in [9.17, 15) is 17.6 Å². The molecule has 106 valence electrons. The number of hydrogen-bond acceptors (Lipinski definition) is 3. The molecule has 0 saturated carbocycles. The van der Waals surface area contributed by atoms with Crippen LogP contribution in [0.25, 0.3) is 0 Å². The third kappa shape index (κ3) is 2.57. The Morgan fingerprint density at radius 1 is 1.10 bits per heavy atom. The van der Waals surface area contributed by atoms with Crippen LogP contribution in [-0.4, -0.2) is 4.98 Å². The minimum Gasteiger partial charge on any atom is -0.398 e. The van der Waals surface area contributed by atoms with Crippen LogP contribution in [0.5, 0.6) is 0 Å². The molecule has 7 heteroatoms. The van der Waals surface area contributed by atoms with Gasteiger partial charge in [-0.3, -0.25) is 4.98 Å². The third-order valence-electron chi connectivity index (χ3n) is 2.89. The largest absolute Gasteiger partial charge is 0.419 e. The highest BCUT2D eigenvalue weighted by Crippen LogP contribution is 2.35. The number of nitrogen functional groups attached to an aromatic ring is 1. The molecule has 1 aromatic carbocycles. The summed E-state index contributed by atoms with van der Waals surface area (Å²) in [5.41, 5.74) is 10.3. The molecule has 0 aliphatic rings. The Labute approximate surface area is 112 Å². The van der Waals surface area contributed by atoms with E-state index in [1.54, 1.807) is 0 Å². The van der Waals surface area contributed by atoms with E-state index in [4.69, 9.17) is 11.5 Å². The van der Waals surface area contributed by atoms with Gasteiger partial charge in [-0.1, -0.05) is 12.1 Å². The van der Waals surface area contributed by atoms with Crippen molar-refractivity contribution >= 4 is 5.69 Å². The maximum Gasteiger partial charge on any atom is 0.419 e. The summed E-state index contributed by atoms with van der Waals surface area (Å²) in [5, 5.41) is 0. The first-order valence-corrected chi connectivity index (χ1v) is 5.63. The third-order valence-corrected chi connectivity index (χ3v) is 2.89. The van der Waals surface area contributed by atoms with Crippen LogP contribution in [0.2, 0.25) is 0 Å². The normalized spacial score (nSPS) is 13.2. The molecule has 20 heavy (non-hydrogen) atoms. The van der Waals surface area contributed by atoms with Crippen molar-refractivity contribution in [3.05, 3.63) is 59.2 Å². The molecule has 0 aliphatic heterocycles. The van der Waals surface area contributed by atoms with Crippen LogP contribution in [0.3, 0.4) is 0 Å². The lowest BCUT2D eigenvalue weighted by atomic mass is 9.97. The Balaban J connectivity index is 2.52. The average Bonchev–Trinajstić information content (AvgIpc) is 2.37. The lowest BCUT2D eigenvalue weighted by Gasteiger charge is -2.17. The fourth-order valence-corrected chi connectivity index (χ4v) is 1.85. The van der Waals surface area contributed by atoms with E-state index in [1.807, 2.05) is 0 Å². The maximum absolute atomic E-state index is 14.0. The van der Waals surface area contributed by atoms with Gasteiger partial charge in [-0.25, -0.2) is 4.39 Å². The first-order valence-electron chi connectivity index (χ1n) is 5.63.